The van der Waals surface area contributed by atoms with Crippen LogP contribution < -0.4 is 10.7 Å². The molecule has 0 bridgehead atoms. The molecule has 0 radical (unpaired) electrons. The van der Waals surface area contributed by atoms with Crippen LogP contribution in [-0.4, -0.2) is 30.0 Å². The van der Waals surface area contributed by atoms with Crippen LogP contribution in [0.15, 0.2) is 42.6 Å². The number of nitrogens with two attached hydrogens (primary N) is 1. The number of ketones is 1. The highest BCUT2D eigenvalue weighted by Crippen LogP contribution is 2.19. The quantitative estimate of drug-likeness (QED) is 0.835. The summed E-state index contributed by atoms with van der Waals surface area (Å²) < 4.78 is 1.46. The first kappa shape index (κ1) is 17.4. The van der Waals surface area contributed by atoms with Crippen LogP contribution in [0.1, 0.15) is 16.1 Å². The van der Waals surface area contributed by atoms with Gasteiger partial charge in [0.05, 0.1) is 11.6 Å². The molecular weight excluding hydrogens is 358 g/mol. The van der Waals surface area contributed by atoms with Gasteiger partial charge >= 0.3 is 0 Å². The number of halogens is 2. The van der Waals surface area contributed by atoms with E-state index >= 15 is 0 Å². The highest BCUT2D eigenvalue weighted by atomic mass is 79.9. The van der Waals surface area contributed by atoms with Crippen molar-refractivity contribution >= 4 is 40.3 Å². The number of hydrogen-bond acceptors (Lipinski definition) is 3. The highest BCUT2D eigenvalue weighted by molar-refractivity contribution is 8.93. The van der Waals surface area contributed by atoms with E-state index in [1.54, 1.807) is 49.6 Å². The second kappa shape index (κ2) is 7.40. The molecule has 1 aromatic carbocycles. The topological polar surface area (TPSA) is 68.3 Å². The van der Waals surface area contributed by atoms with Gasteiger partial charge in [0.2, 0.25) is 5.78 Å². The standard InChI is InChI=1S/C14H14ClN3O2.BrH/c1-17(13(19)9-16)18-8-4-7-12(18)14(20)10-5-2-3-6-11(10)15;/h2-8H,9,16H2,1H3;1H. The average molecular weight is 373 g/mol. The molecule has 0 saturated heterocycles. The molecule has 21 heavy (non-hydrogen) atoms. The molecule has 0 aliphatic carbocycles. The molecule has 2 N–H and O–H groups in total. The maximum atomic E-state index is 12.5. The van der Waals surface area contributed by atoms with E-state index in [9.17, 15) is 9.59 Å². The Kier molecular flexibility index (Phi) is 6.14. The van der Waals surface area contributed by atoms with E-state index in [4.69, 9.17) is 17.3 Å². The normalized spacial score (nSPS) is 9.86. The Hall–Kier alpha value is -1.63. The Morgan fingerprint density at radius 3 is 2.52 bits per heavy atom. The van der Waals surface area contributed by atoms with Gasteiger partial charge < -0.3 is 5.73 Å². The molecule has 0 aliphatic rings. The van der Waals surface area contributed by atoms with Gasteiger partial charge in [0.25, 0.3) is 5.91 Å². The number of nitrogens with zero attached hydrogens (tertiary/aromatic N) is 2. The van der Waals surface area contributed by atoms with Gasteiger partial charge in [-0.25, -0.2) is 0 Å². The van der Waals surface area contributed by atoms with Crippen molar-refractivity contribution in [3.05, 3.63) is 58.9 Å². The van der Waals surface area contributed by atoms with Gasteiger partial charge in [0.15, 0.2) is 0 Å². The summed E-state index contributed by atoms with van der Waals surface area (Å²) >= 11 is 6.03. The number of carbonyl (C=O) groups excluding carboxylic acids is 2. The van der Waals surface area contributed by atoms with Gasteiger partial charge in [-0.3, -0.25) is 19.3 Å². The lowest BCUT2D eigenvalue weighted by Gasteiger charge is -2.20. The third-order valence-corrected chi connectivity index (χ3v) is 3.27. The van der Waals surface area contributed by atoms with E-state index in [0.717, 1.165) is 0 Å². The van der Waals surface area contributed by atoms with Crippen LogP contribution in [0.3, 0.4) is 0 Å². The molecule has 1 amide bonds. The summed E-state index contributed by atoms with van der Waals surface area (Å²) in [5.74, 6) is -0.549. The van der Waals surface area contributed by atoms with Crippen molar-refractivity contribution in [3.8, 4) is 0 Å². The summed E-state index contributed by atoms with van der Waals surface area (Å²) in [5.41, 5.74) is 6.07. The zero-order valence-corrected chi connectivity index (χ0v) is 13.8. The molecule has 0 spiro atoms. The van der Waals surface area contributed by atoms with Gasteiger partial charge in [-0.1, -0.05) is 23.7 Å². The van der Waals surface area contributed by atoms with Crippen LogP contribution in [0.5, 0.6) is 0 Å². The Morgan fingerprint density at radius 2 is 1.90 bits per heavy atom. The van der Waals surface area contributed by atoms with E-state index in [0.29, 0.717) is 16.3 Å². The molecule has 2 rings (SSSR count). The van der Waals surface area contributed by atoms with E-state index < -0.39 is 0 Å². The molecule has 0 fully saturated rings. The van der Waals surface area contributed by atoms with Crippen molar-refractivity contribution in [1.82, 2.24) is 4.68 Å². The van der Waals surface area contributed by atoms with E-state index in [1.807, 2.05) is 0 Å². The third kappa shape index (κ3) is 3.53. The predicted octanol–water partition coefficient (Wildman–Crippen LogP) is 2.00. The number of likely N-dealkylation sites (N-methyl/N-ethyl adjacent to an activating group) is 1. The first-order chi connectivity index (χ1) is 9.56. The van der Waals surface area contributed by atoms with E-state index in [1.165, 1.54) is 9.69 Å². The van der Waals surface area contributed by atoms with Crippen LogP contribution in [0.2, 0.25) is 5.02 Å². The van der Waals surface area contributed by atoms with Crippen LogP contribution >= 0.6 is 28.6 Å². The number of benzene rings is 1. The number of rotatable bonds is 4. The second-order valence-corrected chi connectivity index (χ2v) is 4.58. The van der Waals surface area contributed by atoms with Crippen LogP contribution in [0.4, 0.5) is 0 Å². The van der Waals surface area contributed by atoms with Crippen LogP contribution in [0, 0.1) is 0 Å². The second-order valence-electron chi connectivity index (χ2n) is 4.17. The molecule has 5 nitrogen and oxygen atoms in total. The average Bonchev–Trinajstić information content (AvgIpc) is 2.94. The molecule has 2 aromatic rings. The van der Waals surface area contributed by atoms with Crippen molar-refractivity contribution in [1.29, 1.82) is 0 Å². The van der Waals surface area contributed by atoms with Gasteiger partial charge in [-0.05, 0) is 24.3 Å². The van der Waals surface area contributed by atoms with E-state index in [-0.39, 0.29) is 35.2 Å². The Labute approximate surface area is 138 Å². The van der Waals surface area contributed by atoms with Gasteiger partial charge in [0, 0.05) is 18.8 Å². The SMILES string of the molecule is Br.CN(C(=O)CN)n1cccc1C(=O)c1ccccc1Cl. The molecule has 0 saturated carbocycles. The lowest BCUT2D eigenvalue weighted by atomic mass is 10.1. The lowest BCUT2D eigenvalue weighted by Crippen LogP contribution is -2.41. The Bertz CT molecular complexity index is 657. The van der Waals surface area contributed by atoms with Crippen molar-refractivity contribution in [2.24, 2.45) is 5.73 Å². The van der Waals surface area contributed by atoms with Crippen LogP contribution in [0.25, 0.3) is 0 Å². The first-order valence-electron chi connectivity index (χ1n) is 5.99. The Balaban J connectivity index is 0.00000220. The summed E-state index contributed by atoms with van der Waals surface area (Å²) in [5, 5.41) is 1.67. The number of carbonyl (C=O) groups is 2. The van der Waals surface area contributed by atoms with Crippen molar-refractivity contribution in [3.63, 3.8) is 0 Å². The van der Waals surface area contributed by atoms with Crippen LogP contribution in [-0.2, 0) is 4.79 Å². The molecular formula is C14H15BrClN3O2. The van der Waals surface area contributed by atoms with Crippen molar-refractivity contribution in [2.45, 2.75) is 0 Å². The third-order valence-electron chi connectivity index (χ3n) is 2.94. The minimum absolute atomic E-state index is 0. The maximum absolute atomic E-state index is 12.5. The fraction of sp³-hybridized carbons (Fsp3) is 0.143. The number of hydrogen-bond donors (Lipinski definition) is 1. The monoisotopic (exact) mass is 371 g/mol. The van der Waals surface area contributed by atoms with E-state index in [2.05, 4.69) is 0 Å². The number of amides is 1. The minimum atomic E-state index is -0.297. The zero-order chi connectivity index (χ0) is 14.7. The highest BCUT2D eigenvalue weighted by Gasteiger charge is 2.19. The van der Waals surface area contributed by atoms with Crippen molar-refractivity contribution < 1.29 is 9.59 Å². The van der Waals surface area contributed by atoms with Gasteiger partial charge in [-0.15, -0.1) is 17.0 Å². The van der Waals surface area contributed by atoms with Crippen molar-refractivity contribution in [2.75, 3.05) is 18.6 Å². The molecule has 0 atom stereocenters. The summed E-state index contributed by atoms with van der Waals surface area (Å²) in [7, 11) is 1.55. The first-order valence-corrected chi connectivity index (χ1v) is 6.37. The largest absolute Gasteiger partial charge is 0.322 e. The lowest BCUT2D eigenvalue weighted by molar-refractivity contribution is -0.118. The molecule has 1 heterocycles. The summed E-state index contributed by atoms with van der Waals surface area (Å²) in [6.45, 7) is -0.131. The minimum Gasteiger partial charge on any atom is -0.322 e. The molecule has 1 aromatic heterocycles. The zero-order valence-electron chi connectivity index (χ0n) is 11.3. The predicted molar refractivity (Wildman–Crippen MR) is 87.8 cm³/mol. The molecule has 7 heteroatoms. The molecule has 0 aliphatic heterocycles. The van der Waals surface area contributed by atoms with Gasteiger partial charge in [0.1, 0.15) is 5.69 Å². The Morgan fingerprint density at radius 1 is 1.24 bits per heavy atom. The summed E-state index contributed by atoms with van der Waals surface area (Å²) in [6, 6.07) is 10.1. The fourth-order valence-electron chi connectivity index (χ4n) is 1.85. The summed E-state index contributed by atoms with van der Waals surface area (Å²) in [4.78, 5) is 24.1. The molecule has 0 unspecified atom stereocenters. The number of aromatic nitrogens is 1. The fourth-order valence-corrected chi connectivity index (χ4v) is 2.07. The van der Waals surface area contributed by atoms with Gasteiger partial charge in [-0.2, -0.15) is 0 Å². The maximum Gasteiger partial charge on any atom is 0.254 e. The molecule has 112 valence electrons. The smallest absolute Gasteiger partial charge is 0.254 e. The summed E-state index contributed by atoms with van der Waals surface area (Å²) in [6.07, 6.45) is 1.62.